The van der Waals surface area contributed by atoms with Gasteiger partial charge in [-0.3, -0.25) is 9.79 Å². The molecule has 2 aliphatic rings. The topological polar surface area (TPSA) is 67.5 Å². The van der Waals surface area contributed by atoms with Gasteiger partial charge in [0, 0.05) is 17.4 Å². The minimum absolute atomic E-state index is 0. The van der Waals surface area contributed by atoms with Crippen molar-refractivity contribution in [3.8, 4) is 0 Å². The van der Waals surface area contributed by atoms with Crippen LogP contribution in [0.1, 0.15) is 29.6 Å². The van der Waals surface area contributed by atoms with Crippen LogP contribution in [0.4, 0.5) is 0 Å². The lowest BCUT2D eigenvalue weighted by Crippen LogP contribution is -2.44. The van der Waals surface area contributed by atoms with Gasteiger partial charge in [0.2, 0.25) is 0 Å². The number of nitrogens with zero attached hydrogens (tertiary/aromatic N) is 1. The van der Waals surface area contributed by atoms with E-state index in [1.54, 1.807) is 11.8 Å². The zero-order valence-electron chi connectivity index (χ0n) is 11.7. The SMILES string of the molecule is Cl.NC1=NC2CCC(NC(=O)c3ccccc3)CC2CS1. The number of aliphatic imine (C=N–C) groups is 1. The van der Waals surface area contributed by atoms with Crippen molar-refractivity contribution in [1.82, 2.24) is 5.32 Å². The normalized spacial score (nSPS) is 27.8. The van der Waals surface area contributed by atoms with Crippen molar-refractivity contribution < 1.29 is 4.79 Å². The van der Waals surface area contributed by atoms with Gasteiger partial charge in [-0.15, -0.1) is 12.4 Å². The number of rotatable bonds is 2. The van der Waals surface area contributed by atoms with Crippen molar-refractivity contribution in [3.05, 3.63) is 35.9 Å². The minimum atomic E-state index is 0. The first-order valence-electron chi connectivity index (χ1n) is 7.04. The zero-order chi connectivity index (χ0) is 13.9. The van der Waals surface area contributed by atoms with Gasteiger partial charge >= 0.3 is 0 Å². The number of hydrogen-bond donors (Lipinski definition) is 2. The molecule has 3 atom stereocenters. The van der Waals surface area contributed by atoms with Crippen molar-refractivity contribution >= 4 is 35.2 Å². The molecule has 0 spiro atoms. The lowest BCUT2D eigenvalue weighted by atomic mass is 9.82. The molecule has 1 aliphatic carbocycles. The van der Waals surface area contributed by atoms with E-state index in [1.807, 2.05) is 30.3 Å². The third-order valence-corrected chi connectivity index (χ3v) is 5.05. The summed E-state index contributed by atoms with van der Waals surface area (Å²) >= 11 is 1.64. The fourth-order valence-corrected chi connectivity index (χ4v) is 3.93. The van der Waals surface area contributed by atoms with Gasteiger partial charge in [0.1, 0.15) is 0 Å². The number of carbonyl (C=O) groups is 1. The molecule has 1 heterocycles. The first-order chi connectivity index (χ1) is 9.72. The van der Waals surface area contributed by atoms with Gasteiger partial charge in [-0.2, -0.15) is 0 Å². The molecule has 4 nitrogen and oxygen atoms in total. The maximum Gasteiger partial charge on any atom is 0.251 e. The van der Waals surface area contributed by atoms with Crippen molar-refractivity contribution in [2.75, 3.05) is 5.75 Å². The maximum atomic E-state index is 12.2. The summed E-state index contributed by atoms with van der Waals surface area (Å²) in [5.41, 5.74) is 6.51. The molecule has 0 radical (unpaired) electrons. The Morgan fingerprint density at radius 3 is 2.81 bits per heavy atom. The Morgan fingerprint density at radius 1 is 1.29 bits per heavy atom. The molecule has 1 aliphatic heterocycles. The van der Waals surface area contributed by atoms with Gasteiger partial charge in [0.15, 0.2) is 5.17 Å². The number of amides is 1. The van der Waals surface area contributed by atoms with Crippen LogP contribution in [0.15, 0.2) is 35.3 Å². The van der Waals surface area contributed by atoms with Gasteiger partial charge in [0.25, 0.3) is 5.91 Å². The molecule has 1 amide bonds. The quantitative estimate of drug-likeness (QED) is 0.877. The highest BCUT2D eigenvalue weighted by molar-refractivity contribution is 8.13. The lowest BCUT2D eigenvalue weighted by molar-refractivity contribution is 0.0918. The van der Waals surface area contributed by atoms with Gasteiger partial charge in [-0.25, -0.2) is 0 Å². The van der Waals surface area contributed by atoms with Gasteiger partial charge in [-0.1, -0.05) is 30.0 Å². The molecule has 1 fully saturated rings. The number of nitrogens with one attached hydrogen (secondary N) is 1. The molecule has 21 heavy (non-hydrogen) atoms. The predicted octanol–water partition coefficient (Wildman–Crippen LogP) is 2.44. The summed E-state index contributed by atoms with van der Waals surface area (Å²) in [6.45, 7) is 0. The van der Waals surface area contributed by atoms with E-state index in [0.717, 1.165) is 35.7 Å². The number of nitrogens with two attached hydrogens (primary N) is 1. The summed E-state index contributed by atoms with van der Waals surface area (Å²) in [5.74, 6) is 1.60. The molecule has 3 N–H and O–H groups in total. The monoisotopic (exact) mass is 325 g/mol. The highest BCUT2D eigenvalue weighted by atomic mass is 35.5. The number of halogens is 1. The number of thioether (sulfide) groups is 1. The van der Waals surface area contributed by atoms with Crippen LogP contribution in [-0.2, 0) is 0 Å². The average molecular weight is 326 g/mol. The van der Waals surface area contributed by atoms with Crippen LogP contribution in [0.25, 0.3) is 0 Å². The molecule has 0 bridgehead atoms. The molecular formula is C15H20ClN3OS. The summed E-state index contributed by atoms with van der Waals surface area (Å²) in [6, 6.07) is 10.0. The Bertz CT molecular complexity index is 523. The van der Waals surface area contributed by atoms with E-state index in [0.29, 0.717) is 12.0 Å². The Hall–Kier alpha value is -1.20. The number of carbonyl (C=O) groups excluding carboxylic acids is 1. The number of fused-ring (bicyclic) bond motifs is 1. The van der Waals surface area contributed by atoms with Crippen LogP contribution in [0, 0.1) is 5.92 Å². The number of amidine groups is 1. The third-order valence-electron chi connectivity index (χ3n) is 4.05. The summed E-state index contributed by atoms with van der Waals surface area (Å²) in [7, 11) is 0. The molecule has 0 aromatic heterocycles. The number of hydrogen-bond acceptors (Lipinski definition) is 4. The van der Waals surface area contributed by atoms with Crippen LogP contribution in [0.5, 0.6) is 0 Å². The smallest absolute Gasteiger partial charge is 0.251 e. The van der Waals surface area contributed by atoms with Gasteiger partial charge in [-0.05, 0) is 37.3 Å². The van der Waals surface area contributed by atoms with E-state index in [2.05, 4.69) is 10.3 Å². The van der Waals surface area contributed by atoms with E-state index < -0.39 is 0 Å². The Kier molecular flexibility index (Phi) is 5.53. The van der Waals surface area contributed by atoms with E-state index in [4.69, 9.17) is 5.73 Å². The van der Waals surface area contributed by atoms with E-state index in [-0.39, 0.29) is 24.4 Å². The number of benzene rings is 1. The fourth-order valence-electron chi connectivity index (χ4n) is 2.98. The first kappa shape index (κ1) is 16.2. The van der Waals surface area contributed by atoms with E-state index >= 15 is 0 Å². The average Bonchev–Trinajstić information content (AvgIpc) is 2.48. The molecule has 114 valence electrons. The summed E-state index contributed by atoms with van der Waals surface area (Å²) in [5, 5.41) is 3.87. The second-order valence-electron chi connectivity index (χ2n) is 5.46. The van der Waals surface area contributed by atoms with Crippen LogP contribution < -0.4 is 11.1 Å². The summed E-state index contributed by atoms with van der Waals surface area (Å²) in [4.78, 5) is 16.7. The van der Waals surface area contributed by atoms with Crippen LogP contribution in [-0.4, -0.2) is 28.9 Å². The van der Waals surface area contributed by atoms with Gasteiger partial charge < -0.3 is 11.1 Å². The molecule has 1 aromatic carbocycles. The Balaban J connectivity index is 0.00000161. The lowest BCUT2D eigenvalue weighted by Gasteiger charge is -2.36. The summed E-state index contributed by atoms with van der Waals surface area (Å²) < 4.78 is 0. The standard InChI is InChI=1S/C15H19N3OS.ClH/c16-15-18-13-7-6-12(8-11(13)9-20-15)17-14(19)10-4-2-1-3-5-10;/h1-5,11-13H,6-9H2,(H2,16,18)(H,17,19);1H. The van der Waals surface area contributed by atoms with Crippen molar-refractivity contribution in [3.63, 3.8) is 0 Å². The highest BCUT2D eigenvalue weighted by Crippen LogP contribution is 2.33. The van der Waals surface area contributed by atoms with Crippen molar-refractivity contribution in [1.29, 1.82) is 0 Å². The Morgan fingerprint density at radius 2 is 2.05 bits per heavy atom. The third kappa shape index (κ3) is 3.92. The summed E-state index contributed by atoms with van der Waals surface area (Å²) in [6.07, 6.45) is 3.01. The van der Waals surface area contributed by atoms with Crippen molar-refractivity contribution in [2.45, 2.75) is 31.3 Å². The molecule has 1 saturated carbocycles. The van der Waals surface area contributed by atoms with Crippen molar-refractivity contribution in [2.24, 2.45) is 16.6 Å². The van der Waals surface area contributed by atoms with Crippen LogP contribution >= 0.6 is 24.2 Å². The Labute approximate surface area is 135 Å². The molecule has 0 saturated heterocycles. The zero-order valence-corrected chi connectivity index (χ0v) is 13.3. The predicted molar refractivity (Wildman–Crippen MR) is 90.2 cm³/mol. The second kappa shape index (κ2) is 7.18. The molecule has 1 aromatic rings. The van der Waals surface area contributed by atoms with E-state index in [9.17, 15) is 4.79 Å². The first-order valence-corrected chi connectivity index (χ1v) is 8.03. The van der Waals surface area contributed by atoms with E-state index in [1.165, 1.54) is 0 Å². The maximum absolute atomic E-state index is 12.2. The van der Waals surface area contributed by atoms with Gasteiger partial charge in [0.05, 0.1) is 6.04 Å². The van der Waals surface area contributed by atoms with Crippen LogP contribution in [0.3, 0.4) is 0 Å². The highest BCUT2D eigenvalue weighted by Gasteiger charge is 2.33. The fraction of sp³-hybridized carbons (Fsp3) is 0.467. The molecule has 3 rings (SSSR count). The molecule has 6 heteroatoms. The minimum Gasteiger partial charge on any atom is -0.379 e. The largest absolute Gasteiger partial charge is 0.379 e. The van der Waals surface area contributed by atoms with Crippen LogP contribution in [0.2, 0.25) is 0 Å². The molecule has 3 unspecified atom stereocenters. The second-order valence-corrected chi connectivity index (χ2v) is 6.50. The molecular weight excluding hydrogens is 306 g/mol.